The van der Waals surface area contributed by atoms with Gasteiger partial charge in [0.1, 0.15) is 28.7 Å². The molecule has 0 aromatic carbocycles. The summed E-state index contributed by atoms with van der Waals surface area (Å²) in [6.45, 7) is 14.2. The second-order valence-electron chi connectivity index (χ2n) is 14.6. The van der Waals surface area contributed by atoms with Crippen molar-refractivity contribution in [3.63, 3.8) is 0 Å². The number of hydrogen-bond acceptors (Lipinski definition) is 8. The Labute approximate surface area is 316 Å². The highest BCUT2D eigenvalue weighted by Crippen LogP contribution is 2.23. The molecule has 4 heterocycles. The smallest absolute Gasteiger partial charge is 0.144 e. The zero-order valence-electron chi connectivity index (χ0n) is 31.8. The summed E-state index contributed by atoms with van der Waals surface area (Å²) in [6.07, 6.45) is 28.4. The van der Waals surface area contributed by atoms with Crippen LogP contribution in [0.25, 0.3) is 0 Å². The Kier molecular flexibility index (Phi) is 15.7. The molecule has 2 fully saturated rings. The van der Waals surface area contributed by atoms with Gasteiger partial charge in [0.15, 0.2) is 0 Å². The van der Waals surface area contributed by atoms with E-state index in [1.54, 1.807) is 29.5 Å². The lowest BCUT2D eigenvalue weighted by atomic mass is 9.92. The third-order valence-electron chi connectivity index (χ3n) is 10.5. The predicted molar refractivity (Wildman–Crippen MR) is 218 cm³/mol. The van der Waals surface area contributed by atoms with Crippen molar-refractivity contribution in [2.75, 3.05) is 64.4 Å². The van der Waals surface area contributed by atoms with Crippen LogP contribution in [0.3, 0.4) is 0 Å². The molecule has 11 nitrogen and oxygen atoms in total. The fourth-order valence-electron chi connectivity index (χ4n) is 7.17. The zero-order valence-corrected chi connectivity index (χ0v) is 31.8. The fourth-order valence-corrected chi connectivity index (χ4v) is 7.17. The van der Waals surface area contributed by atoms with Crippen LogP contribution in [0.4, 0.5) is 11.4 Å². The second kappa shape index (κ2) is 21.1. The first-order valence-electron chi connectivity index (χ1n) is 19.3. The third kappa shape index (κ3) is 13.3. The standard InChI is InChI=1S/C42H59N11/c1-4-5-7-10-33(2)31-52-25-19-34(20-26-52)17-23-45-41(43)39-15-13-37(29-47-39)49-50-51(3)38-14-16-40(48-30-38)42(44)46-24-18-35-21-27-53(28-22-35)32-36-11-8-6-9-12-36/h4-11,13-16,29-30,34-36H,1,12,17-28,31-32H2,2-3H3,(H2,43,45)(H2,44,46)/b7-5-,33-10+,50-49+. The number of piperidine rings is 2. The van der Waals surface area contributed by atoms with Crippen molar-refractivity contribution >= 4 is 23.0 Å². The molecule has 1 aliphatic carbocycles. The topological polar surface area (TPSA) is 132 Å². The van der Waals surface area contributed by atoms with Gasteiger partial charge >= 0.3 is 0 Å². The molecule has 0 radical (unpaired) electrons. The van der Waals surface area contributed by atoms with Gasteiger partial charge in [0.05, 0.1) is 18.1 Å². The van der Waals surface area contributed by atoms with E-state index < -0.39 is 0 Å². The quantitative estimate of drug-likeness (QED) is 0.0439. The number of pyridine rings is 2. The summed E-state index contributed by atoms with van der Waals surface area (Å²) < 4.78 is 0. The van der Waals surface area contributed by atoms with Crippen LogP contribution >= 0.6 is 0 Å². The first kappa shape index (κ1) is 39.5. The Morgan fingerprint density at radius 3 is 2.09 bits per heavy atom. The Bertz CT molecular complexity index is 1610. The van der Waals surface area contributed by atoms with E-state index in [-0.39, 0.29) is 0 Å². The predicted octanol–water partition coefficient (Wildman–Crippen LogP) is 7.47. The third-order valence-corrected chi connectivity index (χ3v) is 10.5. The summed E-state index contributed by atoms with van der Waals surface area (Å²) in [4.78, 5) is 14.1. The van der Waals surface area contributed by atoms with E-state index in [0.29, 0.717) is 46.5 Å². The van der Waals surface area contributed by atoms with Gasteiger partial charge in [-0.1, -0.05) is 66.0 Å². The molecule has 3 aliphatic rings. The largest absolute Gasteiger partial charge is 0.369 e. The van der Waals surface area contributed by atoms with Crippen LogP contribution in [0.15, 0.2) is 108 Å². The van der Waals surface area contributed by atoms with Gasteiger partial charge in [0.2, 0.25) is 0 Å². The van der Waals surface area contributed by atoms with Crippen molar-refractivity contribution in [3.05, 3.63) is 109 Å². The van der Waals surface area contributed by atoms with Crippen molar-refractivity contribution < 1.29 is 0 Å². The molecule has 53 heavy (non-hydrogen) atoms. The van der Waals surface area contributed by atoms with Crippen molar-refractivity contribution in [1.82, 2.24) is 30.4 Å². The SMILES string of the molecule is C=C/C=C\C=C(/C)CN1CCC(CCNC(=N)c2ccc(/N=N/N(C)c3ccc(C(=N)NCCC4CCN(CC5C=CC=CC5)CC4)nc3)cn2)CC1. The molecule has 11 heteroatoms. The normalized spacial score (nSPS) is 19.2. The van der Waals surface area contributed by atoms with Crippen LogP contribution < -0.4 is 15.6 Å². The number of allylic oxidation sites excluding steroid dienone is 7. The molecule has 2 saturated heterocycles. The minimum absolute atomic E-state index is 0.323. The van der Waals surface area contributed by atoms with E-state index >= 15 is 0 Å². The van der Waals surface area contributed by atoms with Gasteiger partial charge in [-0.3, -0.25) is 25.7 Å². The average molecular weight is 718 g/mol. The maximum Gasteiger partial charge on any atom is 0.144 e. The van der Waals surface area contributed by atoms with Gasteiger partial charge in [-0.2, -0.15) is 0 Å². The molecule has 1 unspecified atom stereocenters. The first-order chi connectivity index (χ1) is 25.9. The molecule has 5 rings (SSSR count). The van der Waals surface area contributed by atoms with Gasteiger partial charge in [0, 0.05) is 33.2 Å². The summed E-state index contributed by atoms with van der Waals surface area (Å²) in [7, 11) is 1.81. The number of nitrogens with zero attached hydrogens (tertiary/aromatic N) is 7. The number of nitrogens with one attached hydrogen (secondary N) is 4. The van der Waals surface area contributed by atoms with Gasteiger partial charge in [-0.05, 0) is 120 Å². The van der Waals surface area contributed by atoms with Crippen LogP contribution in [0.1, 0.15) is 63.3 Å². The van der Waals surface area contributed by atoms with E-state index in [0.717, 1.165) is 57.7 Å². The van der Waals surface area contributed by atoms with Gasteiger partial charge in [-0.15, -0.1) is 5.11 Å². The first-order valence-corrected chi connectivity index (χ1v) is 19.3. The number of hydrogen-bond donors (Lipinski definition) is 4. The van der Waals surface area contributed by atoms with Gasteiger partial charge in [-0.25, -0.2) is 5.01 Å². The molecule has 4 N–H and O–H groups in total. The summed E-state index contributed by atoms with van der Waals surface area (Å²) in [5.41, 5.74) is 3.92. The Hall–Kier alpha value is -4.74. The molecular weight excluding hydrogens is 659 g/mol. The van der Waals surface area contributed by atoms with E-state index in [2.05, 4.69) is 84.6 Å². The molecule has 282 valence electrons. The summed E-state index contributed by atoms with van der Waals surface area (Å²) in [6, 6.07) is 7.35. The zero-order chi connectivity index (χ0) is 37.3. The van der Waals surface area contributed by atoms with Crippen molar-refractivity contribution in [1.29, 1.82) is 10.8 Å². The molecule has 0 saturated carbocycles. The van der Waals surface area contributed by atoms with Gasteiger partial charge < -0.3 is 15.5 Å². The van der Waals surface area contributed by atoms with Crippen LogP contribution in [0.5, 0.6) is 0 Å². The second-order valence-corrected chi connectivity index (χ2v) is 14.6. The number of amidine groups is 2. The highest BCUT2D eigenvalue weighted by Gasteiger charge is 2.21. The minimum Gasteiger partial charge on any atom is -0.369 e. The lowest BCUT2D eigenvalue weighted by Crippen LogP contribution is -2.37. The maximum atomic E-state index is 8.49. The number of rotatable bonds is 17. The molecule has 0 bridgehead atoms. The van der Waals surface area contributed by atoms with Crippen LogP contribution in [-0.4, -0.2) is 90.8 Å². The van der Waals surface area contributed by atoms with Crippen LogP contribution in [-0.2, 0) is 0 Å². The number of likely N-dealkylation sites (tertiary alicyclic amines) is 2. The number of anilines is 1. The Morgan fingerprint density at radius 1 is 0.887 bits per heavy atom. The molecule has 2 aromatic rings. The Balaban J connectivity index is 0.954. The maximum absolute atomic E-state index is 8.49. The average Bonchev–Trinajstić information content (AvgIpc) is 3.19. The molecule has 0 spiro atoms. The Morgan fingerprint density at radius 2 is 1.53 bits per heavy atom. The molecule has 2 aromatic heterocycles. The summed E-state index contributed by atoms with van der Waals surface area (Å²) in [5.74, 6) is 2.70. The monoisotopic (exact) mass is 717 g/mol. The van der Waals surface area contributed by atoms with Gasteiger partial charge in [0.25, 0.3) is 0 Å². The molecule has 1 atom stereocenters. The van der Waals surface area contributed by atoms with Crippen LogP contribution in [0.2, 0.25) is 0 Å². The van der Waals surface area contributed by atoms with Crippen molar-refractivity contribution in [2.24, 2.45) is 28.1 Å². The molecule has 0 amide bonds. The summed E-state index contributed by atoms with van der Waals surface area (Å²) >= 11 is 0. The van der Waals surface area contributed by atoms with E-state index in [1.807, 2.05) is 37.4 Å². The summed E-state index contributed by atoms with van der Waals surface area (Å²) in [5, 5.41) is 33.7. The highest BCUT2D eigenvalue weighted by molar-refractivity contribution is 5.95. The van der Waals surface area contributed by atoms with E-state index in [9.17, 15) is 0 Å². The van der Waals surface area contributed by atoms with Crippen molar-refractivity contribution in [2.45, 2.75) is 51.9 Å². The lowest BCUT2D eigenvalue weighted by Gasteiger charge is -2.34. The van der Waals surface area contributed by atoms with E-state index in [4.69, 9.17) is 10.8 Å². The number of aromatic nitrogens is 2. The van der Waals surface area contributed by atoms with E-state index in [1.165, 1.54) is 50.9 Å². The lowest BCUT2D eigenvalue weighted by molar-refractivity contribution is 0.166. The van der Waals surface area contributed by atoms with Crippen LogP contribution in [0, 0.1) is 28.6 Å². The molecule has 2 aliphatic heterocycles. The minimum atomic E-state index is 0.323. The fraction of sp³-hybridized carbons (Fsp3) is 0.476. The molecular formula is C42H59N11. The highest BCUT2D eigenvalue weighted by atomic mass is 15.5. The van der Waals surface area contributed by atoms with Crippen molar-refractivity contribution in [3.8, 4) is 0 Å².